The molecule has 4 nitrogen and oxygen atoms in total. The Labute approximate surface area is 96.0 Å². The van der Waals surface area contributed by atoms with Gasteiger partial charge in [-0.05, 0) is 19.1 Å². The number of rotatable bonds is 3. The molecule has 0 unspecified atom stereocenters. The minimum atomic E-state index is -3.04. The second-order valence-electron chi connectivity index (χ2n) is 3.06. The van der Waals surface area contributed by atoms with Crippen molar-refractivity contribution in [1.29, 1.82) is 5.26 Å². The van der Waals surface area contributed by atoms with Crippen LogP contribution in [-0.4, -0.2) is 17.7 Å². The molecule has 0 aliphatic carbocycles. The van der Waals surface area contributed by atoms with Crippen molar-refractivity contribution in [2.24, 2.45) is 0 Å². The molecule has 90 valence electrons. The number of carbonyl (C=O) groups excluding carboxylic acids is 1. The number of hydrogen-bond donors (Lipinski definition) is 1. The zero-order valence-electron chi connectivity index (χ0n) is 8.91. The number of hydrogen-bond acceptors (Lipinski definition) is 4. The van der Waals surface area contributed by atoms with Crippen LogP contribution in [0.5, 0.6) is 5.75 Å². The number of esters is 1. The first-order valence-corrected chi connectivity index (χ1v) is 4.74. The Morgan fingerprint density at radius 2 is 2.24 bits per heavy atom. The first-order chi connectivity index (χ1) is 8.02. The summed E-state index contributed by atoms with van der Waals surface area (Å²) in [6, 6.07) is 3.65. The van der Waals surface area contributed by atoms with Crippen molar-refractivity contribution in [2.45, 2.75) is 13.3 Å². The lowest BCUT2D eigenvalue weighted by atomic mass is 10.0. The van der Waals surface area contributed by atoms with E-state index in [1.165, 1.54) is 6.07 Å². The van der Waals surface area contributed by atoms with Crippen molar-refractivity contribution in [2.75, 3.05) is 6.61 Å². The van der Waals surface area contributed by atoms with E-state index in [1.54, 1.807) is 6.92 Å². The Hall–Kier alpha value is -2.16. The van der Waals surface area contributed by atoms with E-state index in [9.17, 15) is 18.7 Å². The molecule has 0 aromatic heterocycles. The van der Waals surface area contributed by atoms with Crippen molar-refractivity contribution in [3.05, 3.63) is 28.8 Å². The van der Waals surface area contributed by atoms with E-state index >= 15 is 0 Å². The van der Waals surface area contributed by atoms with Gasteiger partial charge in [0.05, 0.1) is 23.8 Å². The third-order valence-corrected chi connectivity index (χ3v) is 2.05. The van der Waals surface area contributed by atoms with Crippen LogP contribution in [0.2, 0.25) is 0 Å². The van der Waals surface area contributed by atoms with Gasteiger partial charge >= 0.3 is 5.97 Å². The second-order valence-corrected chi connectivity index (χ2v) is 3.06. The van der Waals surface area contributed by atoms with Crippen LogP contribution in [-0.2, 0) is 4.74 Å². The van der Waals surface area contributed by atoms with Crippen molar-refractivity contribution in [3.8, 4) is 11.8 Å². The summed E-state index contributed by atoms with van der Waals surface area (Å²) in [6.45, 7) is 1.61. The van der Waals surface area contributed by atoms with Crippen molar-refractivity contribution >= 4 is 5.97 Å². The van der Waals surface area contributed by atoms with Gasteiger partial charge in [0.2, 0.25) is 0 Å². The molecular weight excluding hydrogens is 232 g/mol. The molecular formula is C11H9F2NO3. The van der Waals surface area contributed by atoms with Crippen LogP contribution in [0.1, 0.15) is 34.8 Å². The maximum Gasteiger partial charge on any atom is 0.341 e. The van der Waals surface area contributed by atoms with E-state index < -0.39 is 23.7 Å². The van der Waals surface area contributed by atoms with Crippen LogP contribution in [0.3, 0.4) is 0 Å². The lowest BCUT2D eigenvalue weighted by molar-refractivity contribution is 0.0522. The summed E-state index contributed by atoms with van der Waals surface area (Å²) < 4.78 is 29.9. The van der Waals surface area contributed by atoms with Crippen LogP contribution in [0.4, 0.5) is 8.78 Å². The standard InChI is InChI=1S/C11H9F2NO3/c1-2-17-11(16)7-4-3-6(5-14)8(9(7)15)10(12)13/h3-4,10,15H,2H2,1H3. The number of ether oxygens (including phenoxy) is 1. The molecule has 0 saturated heterocycles. The van der Waals surface area contributed by atoms with Crippen LogP contribution < -0.4 is 0 Å². The molecule has 1 N–H and O–H groups in total. The summed E-state index contributed by atoms with van der Waals surface area (Å²) in [7, 11) is 0. The first kappa shape index (κ1) is 12.9. The lowest BCUT2D eigenvalue weighted by Crippen LogP contribution is -2.07. The van der Waals surface area contributed by atoms with E-state index in [-0.39, 0.29) is 17.7 Å². The number of phenolic OH excluding ortho intramolecular Hbond substituents is 1. The molecule has 1 aromatic carbocycles. The first-order valence-electron chi connectivity index (χ1n) is 4.74. The Balaban J connectivity index is 3.34. The second kappa shape index (κ2) is 5.25. The number of nitriles is 1. The zero-order valence-corrected chi connectivity index (χ0v) is 8.91. The molecule has 0 atom stereocenters. The smallest absolute Gasteiger partial charge is 0.341 e. The number of aromatic hydroxyl groups is 1. The molecule has 0 aliphatic heterocycles. The number of halogens is 2. The van der Waals surface area contributed by atoms with Gasteiger partial charge < -0.3 is 9.84 Å². The molecule has 0 bridgehead atoms. The van der Waals surface area contributed by atoms with Crippen LogP contribution in [0, 0.1) is 11.3 Å². The summed E-state index contributed by atoms with van der Waals surface area (Å²) in [6.07, 6.45) is -3.04. The number of nitrogens with zero attached hydrogens (tertiary/aromatic N) is 1. The molecule has 0 spiro atoms. The van der Waals surface area contributed by atoms with Gasteiger partial charge in [0.25, 0.3) is 6.43 Å². The van der Waals surface area contributed by atoms with E-state index in [4.69, 9.17) is 5.26 Å². The SMILES string of the molecule is CCOC(=O)c1ccc(C#N)c(C(F)F)c1O. The Morgan fingerprint density at radius 3 is 2.71 bits per heavy atom. The number of benzene rings is 1. The largest absolute Gasteiger partial charge is 0.506 e. The molecule has 0 fully saturated rings. The highest BCUT2D eigenvalue weighted by atomic mass is 19.3. The summed E-state index contributed by atoms with van der Waals surface area (Å²) >= 11 is 0. The van der Waals surface area contributed by atoms with E-state index in [0.29, 0.717) is 0 Å². The van der Waals surface area contributed by atoms with E-state index in [0.717, 1.165) is 12.1 Å². The Morgan fingerprint density at radius 1 is 1.59 bits per heavy atom. The molecule has 0 aliphatic rings. The molecule has 1 rings (SSSR count). The number of carbonyl (C=O) groups is 1. The van der Waals surface area contributed by atoms with Crippen molar-refractivity contribution in [3.63, 3.8) is 0 Å². The van der Waals surface area contributed by atoms with Crippen molar-refractivity contribution in [1.82, 2.24) is 0 Å². The highest BCUT2D eigenvalue weighted by molar-refractivity contribution is 5.93. The molecule has 17 heavy (non-hydrogen) atoms. The predicted octanol–water partition coefficient (Wildman–Crippen LogP) is 2.38. The molecule has 0 amide bonds. The summed E-state index contributed by atoms with van der Waals surface area (Å²) in [5, 5.41) is 18.2. The molecule has 0 radical (unpaired) electrons. The monoisotopic (exact) mass is 241 g/mol. The van der Waals surface area contributed by atoms with Gasteiger partial charge in [0.1, 0.15) is 11.3 Å². The normalized spacial score (nSPS) is 10.1. The minimum absolute atomic E-state index is 0.0578. The van der Waals surface area contributed by atoms with Gasteiger partial charge in [-0.25, -0.2) is 13.6 Å². The fraction of sp³-hybridized carbons (Fsp3) is 0.273. The summed E-state index contributed by atoms with van der Waals surface area (Å²) in [5.41, 5.74) is -1.59. The summed E-state index contributed by atoms with van der Waals surface area (Å²) in [4.78, 5) is 11.3. The highest BCUT2D eigenvalue weighted by Gasteiger charge is 2.24. The molecule has 0 saturated carbocycles. The van der Waals surface area contributed by atoms with Crippen LogP contribution in [0.15, 0.2) is 12.1 Å². The lowest BCUT2D eigenvalue weighted by Gasteiger charge is -2.09. The topological polar surface area (TPSA) is 70.3 Å². The maximum atomic E-state index is 12.6. The minimum Gasteiger partial charge on any atom is -0.506 e. The average Bonchev–Trinajstić information content (AvgIpc) is 2.27. The third kappa shape index (κ3) is 2.50. The van der Waals surface area contributed by atoms with Crippen LogP contribution in [0.25, 0.3) is 0 Å². The zero-order chi connectivity index (χ0) is 13.0. The van der Waals surface area contributed by atoms with Gasteiger partial charge in [-0.3, -0.25) is 0 Å². The Kier molecular flexibility index (Phi) is 3.99. The van der Waals surface area contributed by atoms with Gasteiger partial charge in [0.15, 0.2) is 0 Å². The van der Waals surface area contributed by atoms with E-state index in [1.807, 2.05) is 0 Å². The van der Waals surface area contributed by atoms with E-state index in [2.05, 4.69) is 4.74 Å². The number of phenols is 1. The van der Waals surface area contributed by atoms with Gasteiger partial charge in [0, 0.05) is 0 Å². The van der Waals surface area contributed by atoms with Gasteiger partial charge in [-0.2, -0.15) is 5.26 Å². The van der Waals surface area contributed by atoms with Crippen LogP contribution >= 0.6 is 0 Å². The third-order valence-electron chi connectivity index (χ3n) is 2.05. The predicted molar refractivity (Wildman–Crippen MR) is 53.7 cm³/mol. The molecule has 1 aromatic rings. The van der Waals surface area contributed by atoms with Gasteiger partial charge in [-0.15, -0.1) is 0 Å². The quantitative estimate of drug-likeness (QED) is 0.825. The molecule has 0 heterocycles. The fourth-order valence-corrected chi connectivity index (χ4v) is 1.30. The number of alkyl halides is 2. The maximum absolute atomic E-state index is 12.6. The summed E-state index contributed by atoms with van der Waals surface area (Å²) in [5.74, 6) is -1.81. The van der Waals surface area contributed by atoms with Gasteiger partial charge in [-0.1, -0.05) is 0 Å². The highest BCUT2D eigenvalue weighted by Crippen LogP contribution is 2.34. The van der Waals surface area contributed by atoms with Crippen molar-refractivity contribution < 1.29 is 23.4 Å². The average molecular weight is 241 g/mol. The molecule has 6 heteroatoms. The fourth-order valence-electron chi connectivity index (χ4n) is 1.30. The Bertz CT molecular complexity index is 480.